The molecular formula is C38H24N4. The van der Waals surface area contributed by atoms with E-state index in [-0.39, 0.29) is 0 Å². The first-order valence-electron chi connectivity index (χ1n) is 14.0. The summed E-state index contributed by atoms with van der Waals surface area (Å²) in [5, 5.41) is 2.18. The Morgan fingerprint density at radius 2 is 0.952 bits per heavy atom. The highest BCUT2D eigenvalue weighted by Gasteiger charge is 2.14. The number of hydrogen-bond donors (Lipinski definition) is 0. The van der Waals surface area contributed by atoms with E-state index in [4.69, 9.17) is 15.0 Å². The van der Waals surface area contributed by atoms with E-state index in [0.717, 1.165) is 77.7 Å². The van der Waals surface area contributed by atoms with Crippen LogP contribution in [0.15, 0.2) is 146 Å². The van der Waals surface area contributed by atoms with Gasteiger partial charge in [0, 0.05) is 33.7 Å². The summed E-state index contributed by atoms with van der Waals surface area (Å²) in [6.45, 7) is 0. The highest BCUT2D eigenvalue weighted by molar-refractivity contribution is 6.03. The number of pyridine rings is 2. The molecular weight excluding hydrogens is 512 g/mol. The molecule has 0 N–H and O–H groups in total. The van der Waals surface area contributed by atoms with Crippen molar-refractivity contribution < 1.29 is 0 Å². The van der Waals surface area contributed by atoms with Gasteiger partial charge in [0.15, 0.2) is 0 Å². The highest BCUT2D eigenvalue weighted by Crippen LogP contribution is 2.33. The predicted molar refractivity (Wildman–Crippen MR) is 172 cm³/mol. The van der Waals surface area contributed by atoms with E-state index in [9.17, 15) is 0 Å². The van der Waals surface area contributed by atoms with Crippen molar-refractivity contribution in [2.24, 2.45) is 0 Å². The molecule has 0 amide bonds. The molecule has 0 aliphatic rings. The van der Waals surface area contributed by atoms with Gasteiger partial charge in [-0.15, -0.1) is 0 Å². The number of fused-ring (bicyclic) bond motifs is 4. The van der Waals surface area contributed by atoms with Crippen molar-refractivity contribution in [3.8, 4) is 44.9 Å². The molecule has 0 spiro atoms. The van der Waals surface area contributed by atoms with Crippen LogP contribution in [-0.2, 0) is 0 Å². The van der Waals surface area contributed by atoms with E-state index in [2.05, 4.69) is 102 Å². The number of aromatic nitrogens is 4. The summed E-state index contributed by atoms with van der Waals surface area (Å²) in [6.07, 6.45) is 1.82. The van der Waals surface area contributed by atoms with Crippen LogP contribution < -0.4 is 0 Å². The molecule has 8 aromatic rings. The standard InChI is InChI=1S/C38H24N4/c1-3-8-27(9-4-1)37-38(28-10-5-2-6-11-28)42-34-24-31(20-22-33(34)41-37)25-13-15-26(16-14-25)32-21-19-30-18-17-29-12-7-23-39-35(29)36(30)40-32/h1-24H. The third-order valence-electron chi connectivity index (χ3n) is 7.70. The minimum atomic E-state index is 0.866. The smallest absolute Gasteiger partial charge is 0.0973 e. The van der Waals surface area contributed by atoms with Gasteiger partial charge in [0.2, 0.25) is 0 Å². The zero-order valence-electron chi connectivity index (χ0n) is 22.6. The molecule has 0 bridgehead atoms. The molecule has 0 unspecified atom stereocenters. The molecule has 0 saturated heterocycles. The van der Waals surface area contributed by atoms with E-state index in [1.165, 1.54) is 0 Å². The van der Waals surface area contributed by atoms with E-state index in [1.807, 2.05) is 48.7 Å². The average Bonchev–Trinajstić information content (AvgIpc) is 3.08. The van der Waals surface area contributed by atoms with Crippen LogP contribution in [0, 0.1) is 0 Å². The molecule has 0 atom stereocenters. The molecule has 42 heavy (non-hydrogen) atoms. The third-order valence-corrected chi connectivity index (χ3v) is 7.70. The summed E-state index contributed by atoms with van der Waals surface area (Å²) in [6, 6.07) is 47.8. The second kappa shape index (κ2) is 10.0. The Kier molecular flexibility index (Phi) is 5.75. The van der Waals surface area contributed by atoms with Gasteiger partial charge < -0.3 is 0 Å². The van der Waals surface area contributed by atoms with Crippen LogP contribution in [0.1, 0.15) is 0 Å². The zero-order chi connectivity index (χ0) is 27.9. The van der Waals surface area contributed by atoms with Crippen molar-refractivity contribution in [1.29, 1.82) is 0 Å². The first kappa shape index (κ1) is 24.1. The lowest BCUT2D eigenvalue weighted by molar-refractivity contribution is 1.29. The molecule has 196 valence electrons. The Hall–Kier alpha value is -5.74. The molecule has 0 radical (unpaired) electrons. The number of hydrogen-bond acceptors (Lipinski definition) is 4. The van der Waals surface area contributed by atoms with Crippen molar-refractivity contribution in [1.82, 2.24) is 19.9 Å². The lowest BCUT2D eigenvalue weighted by atomic mass is 10.0. The van der Waals surface area contributed by atoms with Crippen LogP contribution in [0.5, 0.6) is 0 Å². The van der Waals surface area contributed by atoms with E-state index >= 15 is 0 Å². The number of rotatable bonds is 4. The van der Waals surface area contributed by atoms with E-state index in [0.29, 0.717) is 0 Å². The molecule has 0 aliphatic carbocycles. The fourth-order valence-corrected chi connectivity index (χ4v) is 5.55. The topological polar surface area (TPSA) is 51.6 Å². The Morgan fingerprint density at radius 1 is 0.357 bits per heavy atom. The SMILES string of the molecule is c1ccc(-c2nc3ccc(-c4ccc(-c5ccc6ccc7cccnc7c6n5)cc4)cc3nc2-c2ccccc2)cc1. The van der Waals surface area contributed by atoms with Crippen LogP contribution >= 0.6 is 0 Å². The monoisotopic (exact) mass is 536 g/mol. The van der Waals surface area contributed by atoms with Crippen molar-refractivity contribution >= 4 is 32.8 Å². The third kappa shape index (κ3) is 4.27. The first-order valence-corrected chi connectivity index (χ1v) is 14.0. The van der Waals surface area contributed by atoms with Gasteiger partial charge in [-0.3, -0.25) is 4.98 Å². The van der Waals surface area contributed by atoms with Crippen molar-refractivity contribution in [2.75, 3.05) is 0 Å². The second-order valence-corrected chi connectivity index (χ2v) is 10.3. The maximum atomic E-state index is 5.15. The molecule has 4 heteroatoms. The minimum absolute atomic E-state index is 0.866. The van der Waals surface area contributed by atoms with Crippen LogP contribution in [-0.4, -0.2) is 19.9 Å². The fourth-order valence-electron chi connectivity index (χ4n) is 5.55. The predicted octanol–water partition coefficient (Wildman–Crippen LogP) is 9.39. The summed E-state index contributed by atoms with van der Waals surface area (Å²) in [4.78, 5) is 19.8. The molecule has 0 aliphatic heterocycles. The van der Waals surface area contributed by atoms with Crippen LogP contribution in [0.4, 0.5) is 0 Å². The summed E-state index contributed by atoms with van der Waals surface area (Å²) in [5.74, 6) is 0. The van der Waals surface area contributed by atoms with Crippen LogP contribution in [0.3, 0.4) is 0 Å². The van der Waals surface area contributed by atoms with E-state index < -0.39 is 0 Å². The quantitative estimate of drug-likeness (QED) is 0.210. The summed E-state index contributed by atoms with van der Waals surface area (Å²) < 4.78 is 0. The minimum Gasteiger partial charge on any atom is -0.254 e. The zero-order valence-corrected chi connectivity index (χ0v) is 22.6. The summed E-state index contributed by atoms with van der Waals surface area (Å²) in [7, 11) is 0. The largest absolute Gasteiger partial charge is 0.254 e. The Balaban J connectivity index is 1.19. The molecule has 3 aromatic heterocycles. The van der Waals surface area contributed by atoms with Gasteiger partial charge in [-0.05, 0) is 35.4 Å². The van der Waals surface area contributed by atoms with Gasteiger partial charge in [0.05, 0.1) is 39.1 Å². The van der Waals surface area contributed by atoms with Gasteiger partial charge in [-0.2, -0.15) is 0 Å². The van der Waals surface area contributed by atoms with Gasteiger partial charge >= 0.3 is 0 Å². The summed E-state index contributed by atoms with van der Waals surface area (Å²) >= 11 is 0. The normalized spacial score (nSPS) is 11.3. The van der Waals surface area contributed by atoms with Crippen LogP contribution in [0.2, 0.25) is 0 Å². The highest BCUT2D eigenvalue weighted by atomic mass is 14.8. The van der Waals surface area contributed by atoms with Crippen LogP contribution in [0.25, 0.3) is 77.7 Å². The van der Waals surface area contributed by atoms with Crippen molar-refractivity contribution in [2.45, 2.75) is 0 Å². The maximum Gasteiger partial charge on any atom is 0.0973 e. The second-order valence-electron chi connectivity index (χ2n) is 10.3. The Morgan fingerprint density at radius 3 is 1.67 bits per heavy atom. The first-order chi connectivity index (χ1) is 20.8. The average molecular weight is 537 g/mol. The fraction of sp³-hybridized carbons (Fsp3) is 0. The molecule has 0 fully saturated rings. The van der Waals surface area contributed by atoms with Gasteiger partial charge in [-0.1, -0.05) is 115 Å². The van der Waals surface area contributed by atoms with Crippen molar-refractivity contribution in [3.05, 3.63) is 146 Å². The van der Waals surface area contributed by atoms with Gasteiger partial charge in [-0.25, -0.2) is 15.0 Å². The Labute approximate surface area is 243 Å². The van der Waals surface area contributed by atoms with Crippen molar-refractivity contribution in [3.63, 3.8) is 0 Å². The number of benzene rings is 5. The molecule has 0 saturated carbocycles. The molecule has 8 rings (SSSR count). The van der Waals surface area contributed by atoms with E-state index in [1.54, 1.807) is 0 Å². The lowest BCUT2D eigenvalue weighted by Crippen LogP contribution is -1.95. The Bertz CT molecular complexity index is 2230. The summed E-state index contributed by atoms with van der Waals surface area (Å²) in [5.41, 5.74) is 11.7. The lowest BCUT2D eigenvalue weighted by Gasteiger charge is -2.12. The molecule has 3 heterocycles. The van der Waals surface area contributed by atoms with Gasteiger partial charge in [0.1, 0.15) is 0 Å². The molecule has 4 nitrogen and oxygen atoms in total. The molecule has 5 aromatic carbocycles. The van der Waals surface area contributed by atoms with Gasteiger partial charge in [0.25, 0.3) is 0 Å². The number of nitrogens with zero attached hydrogens (tertiary/aromatic N) is 4. The maximum absolute atomic E-state index is 5.15.